The third kappa shape index (κ3) is 3.60. The Kier molecular flexibility index (Phi) is 5.01. The first-order valence-corrected chi connectivity index (χ1v) is 7.53. The topological polar surface area (TPSA) is 63.2 Å². The fraction of sp³-hybridized carbons (Fsp3) is 0.364. The van der Waals surface area contributed by atoms with E-state index >= 15 is 0 Å². The van der Waals surface area contributed by atoms with Gasteiger partial charge in [0, 0.05) is 6.92 Å². The molecule has 0 heterocycles. The number of hydrogen-bond donors (Lipinski definition) is 1. The molecule has 0 fully saturated rings. The third-order valence-corrected chi connectivity index (χ3v) is 5.05. The third-order valence-electron chi connectivity index (χ3n) is 2.26. The molecule has 0 bridgehead atoms. The summed E-state index contributed by atoms with van der Waals surface area (Å²) in [4.78, 5) is 9.82. The molecule has 1 atom stereocenters. The van der Waals surface area contributed by atoms with Gasteiger partial charge in [-0.15, -0.1) is 23.2 Å². The minimum absolute atomic E-state index is 0.0677. The zero-order valence-electron chi connectivity index (χ0n) is 9.85. The van der Waals surface area contributed by atoms with Crippen LogP contribution in [0.3, 0.4) is 0 Å². The number of hydrogen-bond acceptors (Lipinski definition) is 3. The molecule has 0 saturated carbocycles. The first-order valence-electron chi connectivity index (χ1n) is 5.11. The summed E-state index contributed by atoms with van der Waals surface area (Å²) in [7, 11) is -3.81. The molecule has 1 rings (SSSR count). The molecule has 0 aromatic heterocycles. The van der Waals surface area contributed by atoms with Gasteiger partial charge in [0.2, 0.25) is 15.7 Å². The van der Waals surface area contributed by atoms with Crippen molar-refractivity contribution in [2.75, 3.05) is 0 Å². The Morgan fingerprint density at radius 2 is 1.72 bits per heavy atom. The fourth-order valence-corrected chi connectivity index (χ4v) is 3.69. The van der Waals surface area contributed by atoms with Crippen LogP contribution in [0.4, 0.5) is 0 Å². The minimum atomic E-state index is -3.81. The van der Waals surface area contributed by atoms with Crippen LogP contribution in [-0.2, 0) is 14.6 Å². The van der Waals surface area contributed by atoms with Crippen LogP contribution in [0.15, 0.2) is 29.2 Å². The summed E-state index contributed by atoms with van der Waals surface area (Å²) in [5.41, 5.74) is 0.929. The first kappa shape index (κ1) is 15.3. The predicted molar refractivity (Wildman–Crippen MR) is 71.5 cm³/mol. The lowest BCUT2D eigenvalue weighted by Gasteiger charge is -2.19. The van der Waals surface area contributed by atoms with Crippen molar-refractivity contribution < 1.29 is 13.2 Å². The molecule has 1 aromatic rings. The van der Waals surface area contributed by atoms with Crippen molar-refractivity contribution in [3.05, 3.63) is 29.8 Å². The summed E-state index contributed by atoms with van der Waals surface area (Å²) in [6.07, 6.45) is 0. The largest absolute Gasteiger partial charge is 0.337 e. The quantitative estimate of drug-likeness (QED) is 0.866. The number of amides is 1. The molecule has 1 aromatic carbocycles. The van der Waals surface area contributed by atoms with Crippen LogP contribution in [0.5, 0.6) is 0 Å². The van der Waals surface area contributed by atoms with E-state index < -0.39 is 26.0 Å². The van der Waals surface area contributed by atoms with E-state index in [-0.39, 0.29) is 4.90 Å². The van der Waals surface area contributed by atoms with Crippen molar-refractivity contribution in [3.8, 4) is 0 Å². The standard InChI is InChI=1S/C11H13Cl2NO3S/c1-7-3-5-9(6-4-7)18(16,17)11(10(12)13)14-8(2)15/h3-6,10-11H,1-2H3,(H,14,15)/t11-/m0/s1. The lowest BCUT2D eigenvalue weighted by molar-refractivity contribution is -0.119. The van der Waals surface area contributed by atoms with Crippen molar-refractivity contribution in [1.29, 1.82) is 0 Å². The van der Waals surface area contributed by atoms with Crippen LogP contribution in [0.25, 0.3) is 0 Å². The van der Waals surface area contributed by atoms with Crippen LogP contribution < -0.4 is 5.32 Å². The first-order chi connectivity index (χ1) is 8.25. The predicted octanol–water partition coefficient (Wildman–Crippen LogP) is 2.03. The molecule has 1 amide bonds. The normalized spacial score (nSPS) is 13.4. The molecule has 0 spiro atoms. The Balaban J connectivity index is 3.16. The summed E-state index contributed by atoms with van der Waals surface area (Å²) >= 11 is 11.3. The number of rotatable bonds is 4. The SMILES string of the molecule is CC(=O)N[C@H](C(Cl)Cl)S(=O)(=O)c1ccc(C)cc1. The van der Waals surface area contributed by atoms with E-state index in [2.05, 4.69) is 5.32 Å². The summed E-state index contributed by atoms with van der Waals surface area (Å²) in [5.74, 6) is -0.512. The van der Waals surface area contributed by atoms with Crippen LogP contribution in [0.2, 0.25) is 0 Å². The number of aryl methyl sites for hydroxylation is 1. The molecule has 4 nitrogen and oxygen atoms in total. The van der Waals surface area contributed by atoms with Gasteiger partial charge in [-0.1, -0.05) is 17.7 Å². The van der Waals surface area contributed by atoms with E-state index in [1.54, 1.807) is 12.1 Å². The minimum Gasteiger partial charge on any atom is -0.337 e. The molecule has 0 aliphatic carbocycles. The van der Waals surface area contributed by atoms with Crippen molar-refractivity contribution in [2.24, 2.45) is 0 Å². The molecule has 0 unspecified atom stereocenters. The van der Waals surface area contributed by atoms with E-state index in [4.69, 9.17) is 23.2 Å². The van der Waals surface area contributed by atoms with Gasteiger partial charge in [-0.05, 0) is 19.1 Å². The maximum Gasteiger partial charge on any atom is 0.217 e. The number of halogens is 2. The zero-order chi connectivity index (χ0) is 13.9. The number of carbonyl (C=O) groups excluding carboxylic acids is 1. The average Bonchev–Trinajstić information content (AvgIpc) is 2.25. The molecule has 7 heteroatoms. The van der Waals surface area contributed by atoms with Gasteiger partial charge in [-0.2, -0.15) is 0 Å². The van der Waals surface area contributed by atoms with Gasteiger partial charge in [-0.25, -0.2) is 8.42 Å². The van der Waals surface area contributed by atoms with Gasteiger partial charge in [-0.3, -0.25) is 4.79 Å². The summed E-state index contributed by atoms with van der Waals surface area (Å²) in [6.45, 7) is 3.04. The summed E-state index contributed by atoms with van der Waals surface area (Å²) < 4.78 is 24.5. The zero-order valence-corrected chi connectivity index (χ0v) is 12.2. The van der Waals surface area contributed by atoms with E-state index in [9.17, 15) is 13.2 Å². The van der Waals surface area contributed by atoms with Crippen LogP contribution in [0, 0.1) is 6.92 Å². The molecule has 0 radical (unpaired) electrons. The molecular weight excluding hydrogens is 297 g/mol. The Morgan fingerprint density at radius 1 is 1.22 bits per heavy atom. The molecular formula is C11H13Cl2NO3S. The lowest BCUT2D eigenvalue weighted by atomic mass is 10.2. The highest BCUT2D eigenvalue weighted by Crippen LogP contribution is 2.22. The molecule has 0 saturated heterocycles. The second-order valence-electron chi connectivity index (χ2n) is 3.81. The highest BCUT2D eigenvalue weighted by Gasteiger charge is 2.33. The second-order valence-corrected chi connectivity index (χ2v) is 7.05. The van der Waals surface area contributed by atoms with Crippen molar-refractivity contribution in [1.82, 2.24) is 5.32 Å². The number of alkyl halides is 2. The fourth-order valence-electron chi connectivity index (χ4n) is 1.35. The molecule has 0 aliphatic rings. The Labute approximate surface area is 116 Å². The van der Waals surface area contributed by atoms with E-state index in [0.717, 1.165) is 5.56 Å². The second kappa shape index (κ2) is 5.91. The van der Waals surface area contributed by atoms with E-state index in [0.29, 0.717) is 0 Å². The van der Waals surface area contributed by atoms with Crippen molar-refractivity contribution >= 4 is 38.9 Å². The summed E-state index contributed by atoms with van der Waals surface area (Å²) in [5, 5.41) is 0.882. The van der Waals surface area contributed by atoms with E-state index in [1.165, 1.54) is 19.1 Å². The van der Waals surface area contributed by atoms with E-state index in [1.807, 2.05) is 6.92 Å². The van der Waals surface area contributed by atoms with Crippen molar-refractivity contribution in [2.45, 2.75) is 29.0 Å². The van der Waals surface area contributed by atoms with Gasteiger partial charge < -0.3 is 5.32 Å². The highest BCUT2D eigenvalue weighted by molar-refractivity contribution is 7.92. The number of sulfone groups is 1. The molecule has 18 heavy (non-hydrogen) atoms. The lowest BCUT2D eigenvalue weighted by Crippen LogP contribution is -2.44. The molecule has 100 valence electrons. The number of carbonyl (C=O) groups is 1. The molecule has 0 aliphatic heterocycles. The van der Waals surface area contributed by atoms with Crippen LogP contribution >= 0.6 is 23.2 Å². The van der Waals surface area contributed by atoms with Gasteiger partial charge in [0.1, 0.15) is 4.84 Å². The Bertz CT molecular complexity index is 526. The van der Waals surface area contributed by atoms with Gasteiger partial charge >= 0.3 is 0 Å². The maximum absolute atomic E-state index is 12.2. The monoisotopic (exact) mass is 309 g/mol. The average molecular weight is 310 g/mol. The summed E-state index contributed by atoms with van der Waals surface area (Å²) in [6, 6.07) is 6.23. The number of nitrogens with one attached hydrogen (secondary N) is 1. The van der Waals surface area contributed by atoms with Crippen LogP contribution in [-0.4, -0.2) is 24.5 Å². The van der Waals surface area contributed by atoms with Gasteiger partial charge in [0.05, 0.1) is 4.90 Å². The highest BCUT2D eigenvalue weighted by atomic mass is 35.5. The Hall–Kier alpha value is -0.780. The van der Waals surface area contributed by atoms with Crippen molar-refractivity contribution in [3.63, 3.8) is 0 Å². The Morgan fingerprint density at radius 3 is 2.11 bits per heavy atom. The van der Waals surface area contributed by atoms with Gasteiger partial charge in [0.15, 0.2) is 5.37 Å². The smallest absolute Gasteiger partial charge is 0.217 e. The van der Waals surface area contributed by atoms with Crippen LogP contribution in [0.1, 0.15) is 12.5 Å². The molecule has 1 N–H and O–H groups in total. The van der Waals surface area contributed by atoms with Gasteiger partial charge in [0.25, 0.3) is 0 Å². The number of benzene rings is 1. The maximum atomic E-state index is 12.2.